The summed E-state index contributed by atoms with van der Waals surface area (Å²) in [5.41, 5.74) is 7.99. The highest BCUT2D eigenvalue weighted by Gasteiger charge is 2.07. The van der Waals surface area contributed by atoms with Gasteiger partial charge in [0.15, 0.2) is 4.34 Å². The summed E-state index contributed by atoms with van der Waals surface area (Å²) in [5.74, 6) is 1.53. The van der Waals surface area contributed by atoms with E-state index in [0.29, 0.717) is 18.1 Å². The van der Waals surface area contributed by atoms with Crippen molar-refractivity contribution in [1.82, 2.24) is 15.0 Å². The van der Waals surface area contributed by atoms with Crippen molar-refractivity contribution in [3.8, 4) is 5.75 Å². The molecule has 4 rings (SSSR count). The van der Waals surface area contributed by atoms with Crippen LogP contribution in [0.15, 0.2) is 68.7 Å². The van der Waals surface area contributed by atoms with E-state index in [1.54, 1.807) is 11.3 Å². The van der Waals surface area contributed by atoms with Crippen LogP contribution in [-0.2, 0) is 5.75 Å². The smallest absolute Gasteiger partial charge is 0.252 e. The summed E-state index contributed by atoms with van der Waals surface area (Å²) in [6.45, 7) is 2.53. The Morgan fingerprint density at radius 2 is 2.03 bits per heavy atom. The van der Waals surface area contributed by atoms with Gasteiger partial charge in [0.05, 0.1) is 22.5 Å². The second-order valence-electron chi connectivity index (χ2n) is 6.38. The minimum atomic E-state index is -0.289. The topological polar surface area (TPSA) is 118 Å². The largest absolute Gasteiger partial charge is 0.494 e. The monoisotopic (exact) mass is 452 g/mol. The molecule has 0 radical (unpaired) electrons. The molecule has 8 nitrogen and oxygen atoms in total. The lowest BCUT2D eigenvalue weighted by molar-refractivity contribution is 0.340. The van der Waals surface area contributed by atoms with Crippen LogP contribution in [0.25, 0.3) is 10.2 Å². The molecule has 0 atom stereocenters. The molecule has 0 saturated carbocycles. The third-order valence-corrected chi connectivity index (χ3v) is 6.28. The third-order valence-electron chi connectivity index (χ3n) is 4.06. The lowest BCUT2D eigenvalue weighted by Gasteiger charge is -2.07. The number of thioether (sulfide) groups is 1. The molecular formula is C21H20N6O2S2. The molecule has 0 spiro atoms. The molecule has 0 bridgehead atoms. The van der Waals surface area contributed by atoms with E-state index in [1.165, 1.54) is 17.8 Å². The molecule has 4 N–H and O–H groups in total. The second kappa shape index (κ2) is 9.63. The van der Waals surface area contributed by atoms with Crippen molar-refractivity contribution < 1.29 is 4.74 Å². The second-order valence-corrected chi connectivity index (χ2v) is 8.63. The lowest BCUT2D eigenvalue weighted by atomic mass is 10.3. The van der Waals surface area contributed by atoms with Gasteiger partial charge >= 0.3 is 0 Å². The Labute approximate surface area is 186 Å². The molecule has 0 aliphatic rings. The fraction of sp³-hybridized carbons (Fsp3) is 0.143. The Morgan fingerprint density at radius 3 is 2.81 bits per heavy atom. The van der Waals surface area contributed by atoms with Gasteiger partial charge in [-0.25, -0.2) is 9.97 Å². The standard InChI is InChI=1S/C21H20N6O2S2/c1-2-29-15-9-7-13(8-10-15)23-19(22)27-20-24-14(11-18(28)26-20)12-30-21-25-16-5-3-4-6-17(16)31-21/h3-11H,2,12H2,1H3,(H4,22,23,24,26,27,28). The molecule has 2 aromatic heterocycles. The number of H-pyrrole nitrogens is 1. The summed E-state index contributed by atoms with van der Waals surface area (Å²) in [7, 11) is 0. The molecule has 31 heavy (non-hydrogen) atoms. The van der Waals surface area contributed by atoms with Crippen molar-refractivity contribution in [2.24, 2.45) is 10.7 Å². The maximum atomic E-state index is 12.0. The summed E-state index contributed by atoms with van der Waals surface area (Å²) in [6.07, 6.45) is 0. The van der Waals surface area contributed by atoms with Gasteiger partial charge in [0.1, 0.15) is 5.75 Å². The van der Waals surface area contributed by atoms with Gasteiger partial charge in [-0.15, -0.1) is 11.3 Å². The number of aliphatic imine (C=N–C) groups is 1. The Hall–Kier alpha value is -3.37. The van der Waals surface area contributed by atoms with Crippen molar-refractivity contribution >= 4 is 50.9 Å². The van der Waals surface area contributed by atoms with E-state index in [0.717, 1.165) is 26.0 Å². The predicted molar refractivity (Wildman–Crippen MR) is 127 cm³/mol. The van der Waals surface area contributed by atoms with Crippen molar-refractivity contribution in [2.75, 3.05) is 11.9 Å². The number of hydrogen-bond donors (Lipinski definition) is 3. The van der Waals surface area contributed by atoms with Gasteiger partial charge < -0.3 is 15.8 Å². The number of fused-ring (bicyclic) bond motifs is 1. The zero-order valence-corrected chi connectivity index (χ0v) is 18.3. The van der Waals surface area contributed by atoms with Crippen LogP contribution in [0.4, 0.5) is 11.6 Å². The molecule has 158 valence electrons. The molecule has 0 aliphatic heterocycles. The Morgan fingerprint density at radius 1 is 1.23 bits per heavy atom. The van der Waals surface area contributed by atoms with Crippen LogP contribution in [-0.4, -0.2) is 27.5 Å². The van der Waals surface area contributed by atoms with Crippen molar-refractivity contribution in [1.29, 1.82) is 0 Å². The Kier molecular flexibility index (Phi) is 6.48. The van der Waals surface area contributed by atoms with E-state index >= 15 is 0 Å². The molecule has 10 heteroatoms. The summed E-state index contributed by atoms with van der Waals surface area (Å²) >= 11 is 3.14. The first-order chi connectivity index (χ1) is 15.1. The number of rotatable bonds is 7. The maximum Gasteiger partial charge on any atom is 0.252 e. The van der Waals surface area contributed by atoms with Gasteiger partial charge in [-0.1, -0.05) is 23.9 Å². The first-order valence-electron chi connectivity index (χ1n) is 9.52. The average Bonchev–Trinajstić information content (AvgIpc) is 3.16. The number of para-hydroxylation sites is 1. The first-order valence-corrected chi connectivity index (χ1v) is 11.3. The highest BCUT2D eigenvalue weighted by molar-refractivity contribution is 8.00. The molecule has 0 aliphatic carbocycles. The SMILES string of the molecule is CCOc1ccc(N/C(N)=N/c2nc(CSc3nc4ccccc4s3)cc(=O)[nH]2)cc1. The maximum absolute atomic E-state index is 12.0. The van der Waals surface area contributed by atoms with Crippen LogP contribution >= 0.6 is 23.1 Å². The first kappa shape index (κ1) is 20.9. The van der Waals surface area contributed by atoms with E-state index in [9.17, 15) is 4.79 Å². The van der Waals surface area contributed by atoms with Crippen LogP contribution < -0.4 is 21.3 Å². The van der Waals surface area contributed by atoms with Gasteiger partial charge in [-0.3, -0.25) is 9.78 Å². The highest BCUT2D eigenvalue weighted by atomic mass is 32.2. The summed E-state index contributed by atoms with van der Waals surface area (Å²) in [6, 6.07) is 16.7. The van der Waals surface area contributed by atoms with Crippen molar-refractivity contribution in [3.05, 3.63) is 70.6 Å². The van der Waals surface area contributed by atoms with Crippen LogP contribution in [0.1, 0.15) is 12.6 Å². The number of hydrogen-bond acceptors (Lipinski definition) is 7. The molecule has 0 unspecified atom stereocenters. The zero-order chi connectivity index (χ0) is 21.6. The highest BCUT2D eigenvalue weighted by Crippen LogP contribution is 2.31. The predicted octanol–water partition coefficient (Wildman–Crippen LogP) is 4.13. The fourth-order valence-corrected chi connectivity index (χ4v) is 4.72. The number of nitrogens with two attached hydrogens (primary N) is 1. The molecule has 2 aromatic carbocycles. The zero-order valence-electron chi connectivity index (χ0n) is 16.7. The van der Waals surface area contributed by atoms with E-state index in [-0.39, 0.29) is 17.5 Å². The molecule has 0 fully saturated rings. The van der Waals surface area contributed by atoms with Gasteiger partial charge in [-0.05, 0) is 43.3 Å². The van der Waals surface area contributed by atoms with Gasteiger partial charge in [0.25, 0.3) is 5.56 Å². The summed E-state index contributed by atoms with van der Waals surface area (Å²) in [4.78, 5) is 27.8. The molecule has 0 saturated heterocycles. The number of nitrogens with one attached hydrogen (secondary N) is 2. The van der Waals surface area contributed by atoms with Crippen molar-refractivity contribution in [2.45, 2.75) is 17.0 Å². The third kappa shape index (κ3) is 5.62. The van der Waals surface area contributed by atoms with Crippen LogP contribution in [0, 0.1) is 0 Å². The summed E-state index contributed by atoms with van der Waals surface area (Å²) < 4.78 is 7.46. The van der Waals surface area contributed by atoms with Crippen molar-refractivity contribution in [3.63, 3.8) is 0 Å². The van der Waals surface area contributed by atoms with Crippen LogP contribution in [0.2, 0.25) is 0 Å². The number of aromatic amines is 1. The van der Waals surface area contributed by atoms with E-state index in [2.05, 4.69) is 25.3 Å². The number of guanidine groups is 1. The minimum Gasteiger partial charge on any atom is -0.494 e. The number of ether oxygens (including phenoxy) is 1. The molecule has 4 aromatic rings. The Bertz CT molecular complexity index is 1230. The molecule has 0 amide bonds. The number of thiazole rings is 1. The number of benzene rings is 2. The molecular weight excluding hydrogens is 432 g/mol. The molecule has 2 heterocycles. The number of nitrogens with zero attached hydrogens (tertiary/aromatic N) is 3. The van der Waals surface area contributed by atoms with E-state index < -0.39 is 0 Å². The number of anilines is 1. The lowest BCUT2D eigenvalue weighted by Crippen LogP contribution is -2.22. The number of aromatic nitrogens is 3. The minimum absolute atomic E-state index is 0.114. The van der Waals surface area contributed by atoms with E-state index in [1.807, 2.05) is 55.5 Å². The van der Waals surface area contributed by atoms with Gasteiger partial charge in [-0.2, -0.15) is 4.99 Å². The quantitative estimate of drug-likeness (QED) is 0.219. The normalized spacial score (nSPS) is 11.6. The fourth-order valence-electron chi connectivity index (χ4n) is 2.76. The summed E-state index contributed by atoms with van der Waals surface area (Å²) in [5, 5.41) is 2.97. The Balaban J connectivity index is 1.44. The van der Waals surface area contributed by atoms with Crippen LogP contribution in [0.3, 0.4) is 0 Å². The average molecular weight is 453 g/mol. The van der Waals surface area contributed by atoms with Crippen LogP contribution in [0.5, 0.6) is 5.75 Å². The van der Waals surface area contributed by atoms with Gasteiger partial charge in [0, 0.05) is 17.5 Å². The van der Waals surface area contributed by atoms with Gasteiger partial charge in [0.2, 0.25) is 11.9 Å². The van der Waals surface area contributed by atoms with E-state index in [4.69, 9.17) is 10.5 Å².